The lowest BCUT2D eigenvalue weighted by Crippen LogP contribution is -2.58. The third kappa shape index (κ3) is 12.0. The van der Waals surface area contributed by atoms with Crippen LogP contribution in [-0.2, 0) is 40.1 Å². The van der Waals surface area contributed by atoms with E-state index in [1.54, 1.807) is 25.1 Å². The zero-order valence-corrected chi connectivity index (χ0v) is 33.3. The fraction of sp³-hybridized carbons (Fsp3) is 0.419. The number of hydrogen-bond donors (Lipinski definition) is 6. The van der Waals surface area contributed by atoms with Crippen LogP contribution in [0.4, 0.5) is 5.69 Å². The van der Waals surface area contributed by atoms with Crippen molar-refractivity contribution in [1.29, 1.82) is 0 Å². The summed E-state index contributed by atoms with van der Waals surface area (Å²) in [4.78, 5) is 95.0. The molecule has 1 saturated heterocycles. The predicted molar refractivity (Wildman–Crippen MR) is 217 cm³/mol. The summed E-state index contributed by atoms with van der Waals surface area (Å²) in [6, 6.07) is 17.8. The first-order valence-corrected chi connectivity index (χ1v) is 20.1. The van der Waals surface area contributed by atoms with Crippen LogP contribution in [0.3, 0.4) is 0 Å². The molecule has 2 fully saturated rings. The average Bonchev–Trinajstić information content (AvgIpc) is 3.70. The third-order valence-corrected chi connectivity index (χ3v) is 10.7. The number of para-hydroxylation sites is 1. The van der Waals surface area contributed by atoms with Crippen molar-refractivity contribution in [1.82, 2.24) is 26.2 Å². The number of Topliss-reactive ketones (excluding diaryl/α,β-unsaturated/α-hetero) is 1. The molecule has 3 unspecified atom stereocenters. The Hall–Kier alpha value is -6.17. The normalized spacial score (nSPS) is 18.0. The number of nitrogens with zero attached hydrogens (tertiary/aromatic N) is 2. The van der Waals surface area contributed by atoms with Crippen molar-refractivity contribution in [2.24, 2.45) is 5.92 Å². The lowest BCUT2D eigenvalue weighted by molar-refractivity contribution is -0.144. The number of ether oxygens (including phenoxy) is 1. The van der Waals surface area contributed by atoms with Crippen molar-refractivity contribution in [3.8, 4) is 0 Å². The van der Waals surface area contributed by atoms with E-state index < -0.39 is 83.3 Å². The number of rotatable bonds is 19. The molecule has 3 aromatic rings. The maximum atomic E-state index is 14.7. The highest BCUT2D eigenvalue weighted by molar-refractivity contribution is 6.38. The molecule has 3 aromatic carbocycles. The second-order valence-electron chi connectivity index (χ2n) is 14.9. The van der Waals surface area contributed by atoms with E-state index in [1.807, 2.05) is 30.3 Å². The highest BCUT2D eigenvalue weighted by Crippen LogP contribution is 2.31. The molecule has 1 aliphatic heterocycles. The van der Waals surface area contributed by atoms with Gasteiger partial charge < -0.3 is 46.4 Å². The number of amides is 5. The van der Waals surface area contributed by atoms with Crippen LogP contribution in [0.2, 0.25) is 0 Å². The first-order valence-electron chi connectivity index (χ1n) is 20.1. The molecule has 1 aliphatic carbocycles. The van der Waals surface area contributed by atoms with Gasteiger partial charge in [-0.1, -0.05) is 105 Å². The highest BCUT2D eigenvalue weighted by Gasteiger charge is 2.45. The van der Waals surface area contributed by atoms with Gasteiger partial charge in [0.25, 0.3) is 11.8 Å². The van der Waals surface area contributed by atoms with E-state index in [0.717, 1.165) is 24.8 Å². The number of carbonyl (C=O) groups is 7. The number of hydrogen-bond acceptors (Lipinski definition) is 11. The highest BCUT2D eigenvalue weighted by atomic mass is 16.8. The van der Waals surface area contributed by atoms with Crippen molar-refractivity contribution >= 4 is 47.0 Å². The zero-order chi connectivity index (χ0) is 43.2. The van der Waals surface area contributed by atoms with Crippen LogP contribution in [-0.4, -0.2) is 93.8 Å². The third-order valence-electron chi connectivity index (χ3n) is 10.7. The zero-order valence-electron chi connectivity index (χ0n) is 33.3. The van der Waals surface area contributed by atoms with Crippen LogP contribution in [0.15, 0.2) is 84.9 Å². The second kappa shape index (κ2) is 21.7. The molecular weight excluding hydrogens is 777 g/mol. The Morgan fingerprint density at radius 2 is 1.52 bits per heavy atom. The monoisotopic (exact) mass is 827 g/mol. The van der Waals surface area contributed by atoms with E-state index in [-0.39, 0.29) is 43.2 Å². The van der Waals surface area contributed by atoms with E-state index in [9.17, 15) is 49.1 Å². The molecule has 0 spiro atoms. The van der Waals surface area contributed by atoms with Crippen molar-refractivity contribution in [2.75, 3.05) is 18.3 Å². The summed E-state index contributed by atoms with van der Waals surface area (Å²) in [5.74, 6) is -6.82. The molecule has 5 rings (SSSR count). The molecule has 6 N–H and O–H groups in total. The van der Waals surface area contributed by atoms with Gasteiger partial charge in [0, 0.05) is 13.0 Å². The van der Waals surface area contributed by atoms with E-state index in [0.29, 0.717) is 24.8 Å². The van der Waals surface area contributed by atoms with Gasteiger partial charge in [-0.3, -0.25) is 34.0 Å². The van der Waals surface area contributed by atoms with Crippen molar-refractivity contribution in [3.05, 3.63) is 107 Å². The van der Waals surface area contributed by atoms with Crippen LogP contribution in [0.25, 0.3) is 0 Å². The van der Waals surface area contributed by atoms with Gasteiger partial charge >= 0.3 is 5.97 Å². The molecule has 1 saturated carbocycles. The maximum absolute atomic E-state index is 14.7. The quantitative estimate of drug-likeness (QED) is 0.0754. The first-order chi connectivity index (χ1) is 28.9. The van der Waals surface area contributed by atoms with Gasteiger partial charge in [0.2, 0.25) is 23.5 Å². The van der Waals surface area contributed by atoms with Crippen LogP contribution in [0, 0.1) is 11.1 Å². The van der Waals surface area contributed by atoms with E-state index >= 15 is 0 Å². The minimum absolute atomic E-state index is 0.0276. The Morgan fingerprint density at radius 1 is 0.867 bits per heavy atom. The Balaban J connectivity index is 1.33. The predicted octanol–water partition coefficient (Wildman–Crippen LogP) is 3.16. The van der Waals surface area contributed by atoms with Crippen LogP contribution < -0.4 is 26.5 Å². The Labute approximate surface area is 347 Å². The summed E-state index contributed by atoms with van der Waals surface area (Å²) in [5.41, 5.74) is 0.690. The topological polar surface area (TPSA) is 247 Å². The molecule has 5 atom stereocenters. The molecule has 60 heavy (non-hydrogen) atoms. The van der Waals surface area contributed by atoms with Crippen LogP contribution >= 0.6 is 0 Å². The van der Waals surface area contributed by atoms with Gasteiger partial charge in [0.05, 0.1) is 36.5 Å². The number of carboxylic acids is 1. The summed E-state index contributed by atoms with van der Waals surface area (Å²) in [6.45, 7) is 1.16. The van der Waals surface area contributed by atoms with Gasteiger partial charge in [-0.2, -0.15) is 0 Å². The fourth-order valence-corrected chi connectivity index (χ4v) is 7.65. The lowest BCUT2D eigenvalue weighted by Gasteiger charge is -2.35. The fourth-order valence-electron chi connectivity index (χ4n) is 7.65. The van der Waals surface area contributed by atoms with Gasteiger partial charge in [-0.15, -0.1) is 0 Å². The van der Waals surface area contributed by atoms with Gasteiger partial charge in [0.15, 0.2) is 6.04 Å². The summed E-state index contributed by atoms with van der Waals surface area (Å²) < 4.78 is 6.20. The molecule has 17 nitrogen and oxygen atoms in total. The summed E-state index contributed by atoms with van der Waals surface area (Å²) in [5, 5.41) is 40.8. The molecule has 0 aromatic heterocycles. The molecule has 17 heteroatoms. The molecule has 1 heterocycles. The second-order valence-corrected chi connectivity index (χ2v) is 14.9. The van der Waals surface area contributed by atoms with Crippen LogP contribution in [0.1, 0.15) is 85.8 Å². The van der Waals surface area contributed by atoms with Crippen LogP contribution in [0.5, 0.6) is 0 Å². The molecule has 2 aliphatic rings. The lowest BCUT2D eigenvalue weighted by atomic mass is 9.83. The van der Waals surface area contributed by atoms with Gasteiger partial charge in [0.1, 0.15) is 12.1 Å². The summed E-state index contributed by atoms with van der Waals surface area (Å²) in [6.07, 6.45) is 3.55. The van der Waals surface area contributed by atoms with Gasteiger partial charge in [-0.05, 0) is 48.4 Å². The maximum Gasteiger partial charge on any atom is 0.330 e. The number of benzene rings is 3. The Kier molecular flexibility index (Phi) is 16.3. The smallest absolute Gasteiger partial charge is 0.330 e. The molecule has 0 bridgehead atoms. The molecule has 0 radical (unpaired) electrons. The SMILES string of the molecule is CCCC(NC(=O)[C@@H]1C[C@@H](OCc2ccccc2)CN1C(=O)C(NC(=O)c1ccccc1N([O-])O)C1CCCCC1)C(=O)C(=O)NCC(=O)NC(C(=O)O)c1ccccc1. The number of carbonyl (C=O) groups excluding carboxylic acids is 6. The molecular formula is C43H51N6O11-. The van der Waals surface area contributed by atoms with E-state index in [2.05, 4.69) is 21.3 Å². The number of nitrogens with one attached hydrogen (secondary N) is 4. The first kappa shape index (κ1) is 44.9. The molecule has 5 amide bonds. The minimum atomic E-state index is -1.40. The Morgan fingerprint density at radius 3 is 2.17 bits per heavy atom. The van der Waals surface area contributed by atoms with E-state index in [4.69, 9.17) is 4.74 Å². The van der Waals surface area contributed by atoms with E-state index in [1.165, 1.54) is 41.3 Å². The number of likely N-dealkylation sites (tertiary alicyclic amines) is 1. The largest absolute Gasteiger partial charge is 0.733 e. The number of anilines is 1. The van der Waals surface area contributed by atoms with Crippen molar-refractivity contribution in [3.63, 3.8) is 0 Å². The number of carboxylic acid groups (broad SMARTS) is 1. The number of ketones is 1. The average molecular weight is 828 g/mol. The standard InChI is InChI=1S/C43H51N6O11/c1-2-14-32(38(51)41(54)44-24-35(50)46-37(43(56)57)29-19-10-5-11-20-29)45-40(53)34-23-30(60-26-27-15-6-3-7-16-27)25-48(34)42(55)36(28-17-8-4-9-18-28)47-39(52)31-21-12-13-22-33(31)49(58)59/h3,5-7,10-13,15-16,19-22,28,30,32,34,36-37,58H,2,4,8-9,14,17-18,23-26H2,1H3,(H,44,54)(H,45,53)(H,46,50)(H,47,52)(H,56,57)/q-1/t30-,32?,34+,36?,37?/m1/s1. The number of aliphatic carboxylic acids is 1. The van der Waals surface area contributed by atoms with Crippen molar-refractivity contribution < 1.29 is 48.6 Å². The van der Waals surface area contributed by atoms with Crippen molar-refractivity contribution in [2.45, 2.75) is 95.2 Å². The van der Waals surface area contributed by atoms with Gasteiger partial charge in [-0.25, -0.2) is 4.79 Å². The Bertz CT molecular complexity index is 1980. The summed E-state index contributed by atoms with van der Waals surface area (Å²) >= 11 is 0. The molecule has 320 valence electrons. The summed E-state index contributed by atoms with van der Waals surface area (Å²) in [7, 11) is 0. The minimum Gasteiger partial charge on any atom is -0.733 e.